The highest BCUT2D eigenvalue weighted by molar-refractivity contribution is 6.12. The molecule has 76 valence electrons. The zero-order chi connectivity index (χ0) is 11.8. The predicted octanol–water partition coefficient (Wildman–Crippen LogP) is 3.81. The van der Waals surface area contributed by atoms with Crippen LogP contribution in [0.15, 0.2) is 54.6 Å². The molecule has 3 aromatic carbocycles. The molecule has 0 fully saturated rings. The number of benzene rings is 3. The quantitative estimate of drug-likeness (QED) is 0.438. The highest BCUT2D eigenvalue weighted by Crippen LogP contribution is 2.26. The summed E-state index contributed by atoms with van der Waals surface area (Å²) >= 11 is 0. The molecule has 0 N–H and O–H groups in total. The molecule has 3 rings (SSSR count). The summed E-state index contributed by atoms with van der Waals surface area (Å²) in [6.07, 6.45) is 0.879. The van der Waals surface area contributed by atoms with Gasteiger partial charge in [-0.1, -0.05) is 48.5 Å². The van der Waals surface area contributed by atoms with Crippen LogP contribution in [0.25, 0.3) is 21.5 Å². The first-order valence-corrected chi connectivity index (χ1v) is 5.18. The van der Waals surface area contributed by atoms with Crippen molar-refractivity contribution in [3.8, 4) is 0 Å². The Morgan fingerprint density at radius 1 is 0.875 bits per heavy atom. The Labute approximate surface area is 94.7 Å². The van der Waals surface area contributed by atoms with E-state index in [4.69, 9.17) is 1.37 Å². The Balaban J connectivity index is 2.68. The Morgan fingerprint density at radius 3 is 1.88 bits per heavy atom. The van der Waals surface area contributed by atoms with Crippen molar-refractivity contribution < 1.29 is 6.17 Å². The minimum Gasteiger partial charge on any atom is -0.298 e. The SMILES string of the molecule is [2H]c1c2ccccc2c(C=O)c2ccccc12. The van der Waals surface area contributed by atoms with E-state index in [2.05, 4.69) is 0 Å². The molecule has 0 spiro atoms. The maximum atomic E-state index is 11.3. The lowest BCUT2D eigenvalue weighted by atomic mass is 9.98. The number of carbonyl (C=O) groups excluding carboxylic acids is 1. The highest BCUT2D eigenvalue weighted by atomic mass is 16.1. The molecule has 0 amide bonds. The maximum Gasteiger partial charge on any atom is 0.151 e. The third-order valence-electron chi connectivity index (χ3n) is 2.82. The number of carbonyl (C=O) groups is 1. The fourth-order valence-corrected chi connectivity index (χ4v) is 2.07. The van der Waals surface area contributed by atoms with Crippen LogP contribution in [0.5, 0.6) is 0 Å². The Hall–Kier alpha value is -2.15. The normalized spacial score (nSPS) is 11.6. The molecule has 0 saturated carbocycles. The van der Waals surface area contributed by atoms with E-state index in [0.29, 0.717) is 11.6 Å². The summed E-state index contributed by atoms with van der Waals surface area (Å²) in [5.41, 5.74) is 0.673. The van der Waals surface area contributed by atoms with Gasteiger partial charge in [0.15, 0.2) is 6.29 Å². The Kier molecular flexibility index (Phi) is 1.74. The van der Waals surface area contributed by atoms with E-state index >= 15 is 0 Å². The van der Waals surface area contributed by atoms with E-state index in [9.17, 15) is 4.79 Å². The number of hydrogen-bond acceptors (Lipinski definition) is 1. The summed E-state index contributed by atoms with van der Waals surface area (Å²) in [6.45, 7) is 0. The second-order valence-corrected chi connectivity index (χ2v) is 3.75. The van der Waals surface area contributed by atoms with Gasteiger partial charge in [-0.15, -0.1) is 0 Å². The molecule has 0 aliphatic rings. The van der Waals surface area contributed by atoms with Gasteiger partial charge in [-0.05, 0) is 27.6 Å². The largest absolute Gasteiger partial charge is 0.298 e. The van der Waals surface area contributed by atoms with Crippen LogP contribution in [0.1, 0.15) is 11.7 Å². The zero-order valence-corrected chi connectivity index (χ0v) is 8.60. The predicted molar refractivity (Wildman–Crippen MR) is 66.8 cm³/mol. The highest BCUT2D eigenvalue weighted by Gasteiger charge is 2.05. The van der Waals surface area contributed by atoms with Crippen LogP contribution in [0.4, 0.5) is 0 Å². The second-order valence-electron chi connectivity index (χ2n) is 3.75. The lowest BCUT2D eigenvalue weighted by Crippen LogP contribution is -1.86. The summed E-state index contributed by atoms with van der Waals surface area (Å²) in [6, 6.07) is 15.6. The molecular weight excluding hydrogens is 196 g/mol. The molecule has 0 aliphatic carbocycles. The third-order valence-corrected chi connectivity index (χ3v) is 2.82. The van der Waals surface area contributed by atoms with Crippen molar-refractivity contribution in [3.63, 3.8) is 0 Å². The first-order valence-electron chi connectivity index (χ1n) is 5.68. The van der Waals surface area contributed by atoms with Crippen molar-refractivity contribution in [3.05, 3.63) is 60.1 Å². The lowest BCUT2D eigenvalue weighted by molar-refractivity contribution is 0.112. The van der Waals surface area contributed by atoms with Gasteiger partial charge in [-0.2, -0.15) is 0 Å². The third kappa shape index (κ3) is 1.22. The lowest BCUT2D eigenvalue weighted by Gasteiger charge is -2.05. The van der Waals surface area contributed by atoms with E-state index < -0.39 is 0 Å². The smallest absolute Gasteiger partial charge is 0.151 e. The van der Waals surface area contributed by atoms with Crippen molar-refractivity contribution >= 4 is 27.8 Å². The molecular formula is C15H10O. The van der Waals surface area contributed by atoms with Gasteiger partial charge >= 0.3 is 0 Å². The maximum absolute atomic E-state index is 11.3. The summed E-state index contributed by atoms with van der Waals surface area (Å²) in [7, 11) is 0. The molecule has 16 heavy (non-hydrogen) atoms. The van der Waals surface area contributed by atoms with E-state index in [1.807, 2.05) is 48.5 Å². The minimum absolute atomic E-state index is 0.488. The average Bonchev–Trinajstić information content (AvgIpc) is 2.40. The number of fused-ring (bicyclic) bond motifs is 2. The van der Waals surface area contributed by atoms with E-state index in [0.717, 1.165) is 27.8 Å². The van der Waals surface area contributed by atoms with Crippen molar-refractivity contribution in [1.82, 2.24) is 0 Å². The molecule has 3 aromatic rings. The summed E-state index contributed by atoms with van der Waals surface area (Å²) in [5, 5.41) is 3.36. The Bertz CT molecular complexity index is 674. The topological polar surface area (TPSA) is 17.1 Å². The first-order chi connectivity index (χ1) is 8.33. The van der Waals surface area contributed by atoms with Crippen LogP contribution < -0.4 is 0 Å². The van der Waals surface area contributed by atoms with Gasteiger partial charge in [0.2, 0.25) is 0 Å². The molecule has 0 saturated heterocycles. The van der Waals surface area contributed by atoms with E-state index in [-0.39, 0.29) is 0 Å². The van der Waals surface area contributed by atoms with Crippen LogP contribution in [-0.2, 0) is 0 Å². The minimum atomic E-state index is 0.488. The molecule has 0 radical (unpaired) electrons. The van der Waals surface area contributed by atoms with Gasteiger partial charge in [0.25, 0.3) is 0 Å². The molecule has 0 heterocycles. The van der Waals surface area contributed by atoms with Gasteiger partial charge in [0.1, 0.15) is 0 Å². The van der Waals surface area contributed by atoms with Gasteiger partial charge in [-0.3, -0.25) is 4.79 Å². The number of rotatable bonds is 1. The van der Waals surface area contributed by atoms with Gasteiger partial charge in [-0.25, -0.2) is 0 Å². The fraction of sp³-hybridized carbons (Fsp3) is 0. The number of aldehydes is 1. The van der Waals surface area contributed by atoms with Crippen molar-refractivity contribution in [2.24, 2.45) is 0 Å². The molecule has 1 heteroatoms. The molecule has 0 atom stereocenters. The van der Waals surface area contributed by atoms with Crippen LogP contribution in [0.3, 0.4) is 0 Å². The van der Waals surface area contributed by atoms with E-state index in [1.165, 1.54) is 0 Å². The summed E-state index contributed by atoms with van der Waals surface area (Å²) < 4.78 is 8.19. The number of hydrogen-bond donors (Lipinski definition) is 0. The van der Waals surface area contributed by atoms with Crippen LogP contribution in [0.2, 0.25) is 0 Å². The molecule has 0 unspecified atom stereocenters. The summed E-state index contributed by atoms with van der Waals surface area (Å²) in [4.78, 5) is 11.3. The van der Waals surface area contributed by atoms with Crippen molar-refractivity contribution in [2.75, 3.05) is 0 Å². The van der Waals surface area contributed by atoms with Gasteiger partial charge in [0, 0.05) is 5.56 Å². The van der Waals surface area contributed by atoms with Crippen LogP contribution in [0, 0.1) is 0 Å². The fourth-order valence-electron chi connectivity index (χ4n) is 2.07. The molecule has 0 aliphatic heterocycles. The van der Waals surface area contributed by atoms with Crippen molar-refractivity contribution in [2.45, 2.75) is 0 Å². The second kappa shape index (κ2) is 3.46. The zero-order valence-electron chi connectivity index (χ0n) is 9.60. The summed E-state index contributed by atoms with van der Waals surface area (Å²) in [5.74, 6) is 0. The van der Waals surface area contributed by atoms with Crippen LogP contribution >= 0.6 is 0 Å². The van der Waals surface area contributed by atoms with Gasteiger partial charge < -0.3 is 0 Å². The van der Waals surface area contributed by atoms with Crippen LogP contribution in [-0.4, -0.2) is 6.29 Å². The molecule has 0 aromatic heterocycles. The first kappa shape index (κ1) is 8.05. The Morgan fingerprint density at radius 2 is 1.38 bits per heavy atom. The molecule has 1 nitrogen and oxygen atoms in total. The molecule has 0 bridgehead atoms. The average molecular weight is 207 g/mol. The van der Waals surface area contributed by atoms with Crippen molar-refractivity contribution in [1.29, 1.82) is 0 Å². The monoisotopic (exact) mass is 207 g/mol. The standard InChI is InChI=1S/C15H10O/c16-10-15-13-7-3-1-5-11(13)9-12-6-2-4-8-14(12)15/h1-10H/i9D. The van der Waals surface area contributed by atoms with E-state index in [1.54, 1.807) is 0 Å². The van der Waals surface area contributed by atoms with Gasteiger partial charge in [0.05, 0.1) is 1.37 Å².